The van der Waals surface area contributed by atoms with Crippen LogP contribution >= 0.6 is 0 Å². The highest BCUT2D eigenvalue weighted by atomic mass is 32.2. The molecule has 0 aromatic carbocycles. The summed E-state index contributed by atoms with van der Waals surface area (Å²) in [7, 11) is -3.09. The average molecular weight is 327 g/mol. The molecule has 3 fully saturated rings. The van der Waals surface area contributed by atoms with Gasteiger partial charge in [0.05, 0.1) is 11.5 Å². The third-order valence-electron chi connectivity index (χ3n) is 6.00. The fraction of sp³-hybridized carbons (Fsp3) is 0.941. The molecule has 0 spiro atoms. The van der Waals surface area contributed by atoms with Gasteiger partial charge in [0.25, 0.3) is 0 Å². The molecule has 5 atom stereocenters. The minimum Gasteiger partial charge on any atom is -0.353 e. The van der Waals surface area contributed by atoms with Crippen LogP contribution in [0, 0.1) is 29.6 Å². The van der Waals surface area contributed by atoms with Crippen LogP contribution in [0.3, 0.4) is 0 Å². The second kappa shape index (κ2) is 6.14. The summed E-state index contributed by atoms with van der Waals surface area (Å²) < 4.78 is 23.8. The minimum atomic E-state index is -3.09. The molecule has 22 heavy (non-hydrogen) atoms. The van der Waals surface area contributed by atoms with Crippen LogP contribution in [0.2, 0.25) is 0 Å². The first kappa shape index (κ1) is 16.3. The summed E-state index contributed by atoms with van der Waals surface area (Å²) in [6.45, 7) is 3.79. The maximum atomic E-state index is 12.1. The van der Waals surface area contributed by atoms with Gasteiger partial charge >= 0.3 is 0 Å². The highest BCUT2D eigenvalue weighted by Crippen LogP contribution is 2.58. The molecule has 3 aliphatic rings. The van der Waals surface area contributed by atoms with Gasteiger partial charge < -0.3 is 5.32 Å². The number of amides is 1. The lowest BCUT2D eigenvalue weighted by molar-refractivity contribution is -0.121. The Morgan fingerprint density at radius 3 is 2.59 bits per heavy atom. The second-order valence-corrected chi connectivity index (χ2v) is 10.3. The standard InChI is InChI=1S/C17H29NO3S/c1-11(2)10-22(20,21)7-6-17(19)18-16-9-12-8-15(16)14-5-3-4-13(12)14/h11-16H,3-10H2,1-2H3,(H,18,19)/t12-,13-,14+,15+,16-/m1/s1. The molecule has 0 heterocycles. The quantitative estimate of drug-likeness (QED) is 0.815. The molecule has 0 aliphatic heterocycles. The first-order chi connectivity index (χ1) is 10.4. The number of carbonyl (C=O) groups excluding carboxylic acids is 1. The molecule has 126 valence electrons. The van der Waals surface area contributed by atoms with E-state index in [1.807, 2.05) is 13.8 Å². The van der Waals surface area contributed by atoms with Gasteiger partial charge in [-0.25, -0.2) is 8.42 Å². The second-order valence-electron chi connectivity index (χ2n) is 8.09. The number of fused-ring (bicyclic) bond motifs is 5. The van der Waals surface area contributed by atoms with Crippen molar-refractivity contribution in [1.29, 1.82) is 0 Å². The lowest BCUT2D eigenvalue weighted by Gasteiger charge is -2.32. The molecule has 3 aliphatic carbocycles. The van der Waals surface area contributed by atoms with Gasteiger partial charge in [-0.3, -0.25) is 4.79 Å². The number of hydrogen-bond acceptors (Lipinski definition) is 3. The fourth-order valence-electron chi connectivity index (χ4n) is 5.35. The first-order valence-electron chi connectivity index (χ1n) is 8.85. The van der Waals surface area contributed by atoms with Crippen LogP contribution < -0.4 is 5.32 Å². The smallest absolute Gasteiger partial charge is 0.221 e. The van der Waals surface area contributed by atoms with Crippen molar-refractivity contribution in [1.82, 2.24) is 5.32 Å². The zero-order valence-electron chi connectivity index (χ0n) is 13.8. The average Bonchev–Trinajstić information content (AvgIpc) is 3.06. The minimum absolute atomic E-state index is 0.0100. The molecule has 3 saturated carbocycles. The van der Waals surface area contributed by atoms with Crippen molar-refractivity contribution < 1.29 is 13.2 Å². The fourth-order valence-corrected chi connectivity index (χ4v) is 7.03. The van der Waals surface area contributed by atoms with Gasteiger partial charge in [0.15, 0.2) is 9.84 Å². The van der Waals surface area contributed by atoms with E-state index in [9.17, 15) is 13.2 Å². The summed E-state index contributed by atoms with van der Waals surface area (Å²) in [5.41, 5.74) is 0. The van der Waals surface area contributed by atoms with E-state index in [1.54, 1.807) is 0 Å². The van der Waals surface area contributed by atoms with Crippen molar-refractivity contribution in [3.05, 3.63) is 0 Å². The maximum Gasteiger partial charge on any atom is 0.221 e. The molecule has 0 aromatic rings. The lowest BCUT2D eigenvalue weighted by Crippen LogP contribution is -2.43. The molecule has 4 nitrogen and oxygen atoms in total. The van der Waals surface area contributed by atoms with E-state index in [1.165, 1.54) is 25.7 Å². The Morgan fingerprint density at radius 1 is 1.14 bits per heavy atom. The topological polar surface area (TPSA) is 63.2 Å². The van der Waals surface area contributed by atoms with Gasteiger partial charge in [-0.2, -0.15) is 0 Å². The Morgan fingerprint density at radius 2 is 1.86 bits per heavy atom. The summed E-state index contributed by atoms with van der Waals surface area (Å²) in [4.78, 5) is 12.1. The van der Waals surface area contributed by atoms with Crippen LogP contribution in [0.1, 0.15) is 52.4 Å². The highest BCUT2D eigenvalue weighted by molar-refractivity contribution is 7.91. The van der Waals surface area contributed by atoms with Crippen molar-refractivity contribution in [2.75, 3.05) is 11.5 Å². The van der Waals surface area contributed by atoms with Crippen LogP contribution in [0.25, 0.3) is 0 Å². The Labute approximate surface area is 134 Å². The third kappa shape index (κ3) is 3.34. The number of sulfone groups is 1. The number of carbonyl (C=O) groups is 1. The number of rotatable bonds is 6. The SMILES string of the molecule is CC(C)CS(=O)(=O)CCC(=O)N[C@@H]1C[C@H]2C[C@H]1[C@H]1CCC[C@H]21. The van der Waals surface area contributed by atoms with Crippen LogP contribution in [0.15, 0.2) is 0 Å². The van der Waals surface area contributed by atoms with Crippen LogP contribution in [0.4, 0.5) is 0 Å². The van der Waals surface area contributed by atoms with Gasteiger partial charge in [-0.1, -0.05) is 20.3 Å². The number of nitrogens with one attached hydrogen (secondary N) is 1. The lowest BCUT2D eigenvalue weighted by atomic mass is 9.79. The van der Waals surface area contributed by atoms with E-state index < -0.39 is 9.84 Å². The Balaban J connectivity index is 1.47. The molecular formula is C17H29NO3S. The predicted octanol–water partition coefficient (Wildman–Crippen LogP) is 2.39. The van der Waals surface area contributed by atoms with E-state index in [0.29, 0.717) is 12.0 Å². The van der Waals surface area contributed by atoms with E-state index in [-0.39, 0.29) is 29.8 Å². The molecule has 3 rings (SSSR count). The molecule has 0 saturated heterocycles. The molecule has 1 amide bonds. The van der Waals surface area contributed by atoms with Crippen molar-refractivity contribution in [2.45, 2.75) is 58.4 Å². The van der Waals surface area contributed by atoms with Crippen LogP contribution in [-0.2, 0) is 14.6 Å². The van der Waals surface area contributed by atoms with E-state index in [2.05, 4.69) is 5.32 Å². The Kier molecular flexibility index (Phi) is 4.54. The van der Waals surface area contributed by atoms with E-state index in [0.717, 1.165) is 24.2 Å². The van der Waals surface area contributed by atoms with Crippen molar-refractivity contribution >= 4 is 15.7 Å². The van der Waals surface area contributed by atoms with Gasteiger partial charge in [-0.05, 0) is 55.3 Å². The molecule has 2 bridgehead atoms. The van der Waals surface area contributed by atoms with Gasteiger partial charge in [0.1, 0.15) is 0 Å². The van der Waals surface area contributed by atoms with Crippen LogP contribution in [0.5, 0.6) is 0 Å². The van der Waals surface area contributed by atoms with Crippen LogP contribution in [-0.4, -0.2) is 31.9 Å². The molecule has 1 N–H and O–H groups in total. The maximum absolute atomic E-state index is 12.1. The zero-order valence-corrected chi connectivity index (χ0v) is 14.6. The molecule has 0 unspecified atom stereocenters. The monoisotopic (exact) mass is 327 g/mol. The van der Waals surface area contributed by atoms with Crippen molar-refractivity contribution in [3.63, 3.8) is 0 Å². The normalized spacial score (nSPS) is 36.8. The summed E-state index contributed by atoms with van der Waals surface area (Å²) >= 11 is 0. The largest absolute Gasteiger partial charge is 0.353 e. The van der Waals surface area contributed by atoms with Crippen molar-refractivity contribution in [3.8, 4) is 0 Å². The zero-order chi connectivity index (χ0) is 15.9. The summed E-state index contributed by atoms with van der Waals surface area (Å²) in [5.74, 6) is 3.44. The molecular weight excluding hydrogens is 298 g/mol. The van der Waals surface area contributed by atoms with Gasteiger partial charge in [-0.15, -0.1) is 0 Å². The highest BCUT2D eigenvalue weighted by Gasteiger charge is 2.53. The first-order valence-corrected chi connectivity index (χ1v) is 10.7. The number of hydrogen-bond donors (Lipinski definition) is 1. The molecule has 0 radical (unpaired) electrons. The van der Waals surface area contributed by atoms with Gasteiger partial charge in [0, 0.05) is 12.5 Å². The van der Waals surface area contributed by atoms with E-state index in [4.69, 9.17) is 0 Å². The summed E-state index contributed by atoms with van der Waals surface area (Å²) in [6.07, 6.45) is 6.61. The Hall–Kier alpha value is -0.580. The predicted molar refractivity (Wildman–Crippen MR) is 87.1 cm³/mol. The third-order valence-corrected chi connectivity index (χ3v) is 8.00. The molecule has 0 aromatic heterocycles. The van der Waals surface area contributed by atoms with E-state index >= 15 is 0 Å². The van der Waals surface area contributed by atoms with Gasteiger partial charge in [0.2, 0.25) is 5.91 Å². The Bertz CT molecular complexity index is 528. The molecule has 5 heteroatoms. The summed E-state index contributed by atoms with van der Waals surface area (Å²) in [5, 5.41) is 3.15. The summed E-state index contributed by atoms with van der Waals surface area (Å²) in [6, 6.07) is 0.310. The van der Waals surface area contributed by atoms with Crippen molar-refractivity contribution in [2.24, 2.45) is 29.6 Å².